The van der Waals surface area contributed by atoms with Crippen LogP contribution in [0.4, 0.5) is 16.2 Å². The number of rotatable bonds is 8. The van der Waals surface area contributed by atoms with E-state index < -0.39 is 6.09 Å². The minimum absolute atomic E-state index is 0.111. The standard InChI is InChI=1S/C24H23ClN2O4/c25-20-14-17(15-28)10-12-22(20)26-23(29)8-4-5-16-9-11-21(27-24(30)31)19(13-16)18-6-2-1-3-7-18/h1-3,6-7,9-14,27-28H,4-5,8,15H2,(H,26,29)(H,30,31). The van der Waals surface area contributed by atoms with Crippen molar-refractivity contribution in [3.63, 3.8) is 0 Å². The first-order valence-corrected chi connectivity index (χ1v) is 10.2. The molecule has 0 atom stereocenters. The molecule has 3 rings (SSSR count). The van der Waals surface area contributed by atoms with Crippen LogP contribution in [-0.4, -0.2) is 22.2 Å². The van der Waals surface area contributed by atoms with Gasteiger partial charge in [0, 0.05) is 12.0 Å². The van der Waals surface area contributed by atoms with Crippen molar-refractivity contribution in [2.75, 3.05) is 10.6 Å². The summed E-state index contributed by atoms with van der Waals surface area (Å²) in [6, 6.07) is 20.1. The Hall–Kier alpha value is -3.35. The SMILES string of the molecule is O=C(O)Nc1ccc(CCCC(=O)Nc2ccc(CO)cc2Cl)cc1-c1ccccc1. The van der Waals surface area contributed by atoms with Crippen molar-refractivity contribution in [2.45, 2.75) is 25.9 Å². The van der Waals surface area contributed by atoms with Gasteiger partial charge in [-0.05, 0) is 53.8 Å². The van der Waals surface area contributed by atoms with Crippen molar-refractivity contribution in [1.82, 2.24) is 0 Å². The average molecular weight is 439 g/mol. The third-order valence-electron chi connectivity index (χ3n) is 4.77. The highest BCUT2D eigenvalue weighted by atomic mass is 35.5. The van der Waals surface area contributed by atoms with E-state index in [4.69, 9.17) is 21.8 Å². The number of amides is 2. The average Bonchev–Trinajstić information content (AvgIpc) is 2.76. The van der Waals surface area contributed by atoms with Crippen LogP contribution in [0.25, 0.3) is 11.1 Å². The molecule has 2 amide bonds. The first-order valence-electron chi connectivity index (χ1n) is 9.83. The topological polar surface area (TPSA) is 98.7 Å². The molecule has 0 saturated heterocycles. The van der Waals surface area contributed by atoms with Crippen LogP contribution < -0.4 is 10.6 Å². The second kappa shape index (κ2) is 10.6. The van der Waals surface area contributed by atoms with Crippen LogP contribution in [0.1, 0.15) is 24.0 Å². The number of carbonyl (C=O) groups excluding carboxylic acids is 1. The van der Waals surface area contributed by atoms with Crippen molar-refractivity contribution in [3.8, 4) is 11.1 Å². The third-order valence-corrected chi connectivity index (χ3v) is 5.08. The second-order valence-electron chi connectivity index (χ2n) is 7.05. The molecule has 0 fully saturated rings. The van der Waals surface area contributed by atoms with Gasteiger partial charge in [-0.15, -0.1) is 0 Å². The number of benzene rings is 3. The van der Waals surface area contributed by atoms with E-state index in [-0.39, 0.29) is 12.5 Å². The van der Waals surface area contributed by atoms with E-state index in [9.17, 15) is 9.59 Å². The third kappa shape index (κ3) is 6.31. The number of aliphatic hydroxyl groups excluding tert-OH is 1. The lowest BCUT2D eigenvalue weighted by Gasteiger charge is -2.12. The summed E-state index contributed by atoms with van der Waals surface area (Å²) in [5.74, 6) is -0.147. The lowest BCUT2D eigenvalue weighted by molar-refractivity contribution is -0.116. The maximum Gasteiger partial charge on any atom is 0.409 e. The largest absolute Gasteiger partial charge is 0.465 e. The van der Waals surface area contributed by atoms with E-state index in [0.717, 1.165) is 16.7 Å². The van der Waals surface area contributed by atoms with Crippen molar-refractivity contribution in [1.29, 1.82) is 0 Å². The van der Waals surface area contributed by atoms with Gasteiger partial charge in [0.2, 0.25) is 5.91 Å². The molecule has 31 heavy (non-hydrogen) atoms. The maximum absolute atomic E-state index is 12.3. The lowest BCUT2D eigenvalue weighted by atomic mass is 9.98. The zero-order chi connectivity index (χ0) is 22.2. The second-order valence-corrected chi connectivity index (χ2v) is 7.46. The zero-order valence-corrected chi connectivity index (χ0v) is 17.5. The Morgan fingerprint density at radius 3 is 2.26 bits per heavy atom. The Bertz CT molecular complexity index is 1070. The van der Waals surface area contributed by atoms with E-state index >= 15 is 0 Å². The summed E-state index contributed by atoms with van der Waals surface area (Å²) in [5, 5.41) is 23.8. The smallest absolute Gasteiger partial charge is 0.409 e. The van der Waals surface area contributed by atoms with Gasteiger partial charge in [0.1, 0.15) is 0 Å². The van der Waals surface area contributed by atoms with Crippen LogP contribution >= 0.6 is 11.6 Å². The van der Waals surface area contributed by atoms with Crippen molar-refractivity contribution < 1.29 is 19.8 Å². The lowest BCUT2D eigenvalue weighted by Crippen LogP contribution is -2.12. The number of nitrogens with one attached hydrogen (secondary N) is 2. The normalized spacial score (nSPS) is 10.5. The van der Waals surface area contributed by atoms with Crippen molar-refractivity contribution >= 4 is 35.0 Å². The molecule has 0 aliphatic carbocycles. The van der Waals surface area contributed by atoms with E-state index in [0.29, 0.717) is 41.2 Å². The molecule has 0 heterocycles. The van der Waals surface area contributed by atoms with Crippen LogP contribution in [-0.2, 0) is 17.8 Å². The van der Waals surface area contributed by atoms with Gasteiger partial charge in [-0.25, -0.2) is 4.79 Å². The number of carbonyl (C=O) groups is 2. The first-order chi connectivity index (χ1) is 15.0. The van der Waals surface area contributed by atoms with E-state index in [1.807, 2.05) is 42.5 Å². The number of hydrogen-bond donors (Lipinski definition) is 4. The summed E-state index contributed by atoms with van der Waals surface area (Å²) in [6.45, 7) is -0.111. The highest BCUT2D eigenvalue weighted by molar-refractivity contribution is 6.33. The van der Waals surface area contributed by atoms with Crippen LogP contribution in [0.15, 0.2) is 66.7 Å². The number of anilines is 2. The maximum atomic E-state index is 12.3. The molecule has 7 heteroatoms. The van der Waals surface area contributed by atoms with Crippen LogP contribution in [0, 0.1) is 0 Å². The highest BCUT2D eigenvalue weighted by Gasteiger charge is 2.10. The van der Waals surface area contributed by atoms with Gasteiger partial charge in [-0.1, -0.05) is 54.1 Å². The predicted molar refractivity (Wildman–Crippen MR) is 122 cm³/mol. The summed E-state index contributed by atoms with van der Waals surface area (Å²) in [7, 11) is 0. The van der Waals surface area contributed by atoms with Crippen LogP contribution in [0.5, 0.6) is 0 Å². The summed E-state index contributed by atoms with van der Waals surface area (Å²) in [6.07, 6.45) is 0.483. The summed E-state index contributed by atoms with van der Waals surface area (Å²) >= 11 is 6.14. The Labute approximate surface area is 185 Å². The Balaban J connectivity index is 1.63. The Morgan fingerprint density at radius 1 is 0.871 bits per heavy atom. The zero-order valence-electron chi connectivity index (χ0n) is 16.8. The molecule has 4 N–H and O–H groups in total. The van der Waals surface area contributed by atoms with Crippen LogP contribution in [0.3, 0.4) is 0 Å². The van der Waals surface area contributed by atoms with Gasteiger partial charge in [0.15, 0.2) is 0 Å². The minimum atomic E-state index is -1.12. The molecule has 3 aromatic rings. The molecule has 0 aromatic heterocycles. The van der Waals surface area contributed by atoms with Gasteiger partial charge >= 0.3 is 6.09 Å². The molecule has 0 spiro atoms. The fourth-order valence-electron chi connectivity index (χ4n) is 3.25. The molecule has 6 nitrogen and oxygen atoms in total. The van der Waals surface area contributed by atoms with E-state index in [1.165, 1.54) is 0 Å². The van der Waals surface area contributed by atoms with Gasteiger partial charge in [0.05, 0.1) is 23.0 Å². The summed E-state index contributed by atoms with van der Waals surface area (Å²) in [5.41, 5.74) is 4.42. The molecular formula is C24H23ClN2O4. The molecule has 0 bridgehead atoms. The van der Waals surface area contributed by atoms with Gasteiger partial charge in [-0.3, -0.25) is 10.1 Å². The minimum Gasteiger partial charge on any atom is -0.465 e. The molecule has 0 saturated carbocycles. The Morgan fingerprint density at radius 2 is 1.58 bits per heavy atom. The number of carboxylic acid groups (broad SMARTS) is 1. The molecule has 160 valence electrons. The number of halogens is 1. The number of aryl methyl sites for hydroxylation is 1. The molecule has 3 aromatic carbocycles. The summed E-state index contributed by atoms with van der Waals surface area (Å²) < 4.78 is 0. The predicted octanol–water partition coefficient (Wildman–Crippen LogP) is 5.55. The van der Waals surface area contributed by atoms with Gasteiger partial charge < -0.3 is 15.5 Å². The first kappa shape index (κ1) is 22.3. The quantitative estimate of drug-likeness (QED) is 0.370. The van der Waals surface area contributed by atoms with E-state index in [2.05, 4.69) is 10.6 Å². The highest BCUT2D eigenvalue weighted by Crippen LogP contribution is 2.30. The fraction of sp³-hybridized carbons (Fsp3) is 0.167. The Kier molecular flexibility index (Phi) is 7.65. The van der Waals surface area contributed by atoms with Crippen molar-refractivity contribution in [2.24, 2.45) is 0 Å². The monoisotopic (exact) mass is 438 g/mol. The van der Waals surface area contributed by atoms with Crippen molar-refractivity contribution in [3.05, 3.63) is 82.9 Å². The molecular weight excluding hydrogens is 416 g/mol. The van der Waals surface area contributed by atoms with Crippen LogP contribution in [0.2, 0.25) is 5.02 Å². The molecule has 0 aliphatic rings. The van der Waals surface area contributed by atoms with Gasteiger partial charge in [-0.2, -0.15) is 0 Å². The van der Waals surface area contributed by atoms with E-state index in [1.54, 1.807) is 24.3 Å². The molecule has 0 unspecified atom stereocenters. The molecule has 0 radical (unpaired) electrons. The number of aliphatic hydroxyl groups is 1. The summed E-state index contributed by atoms with van der Waals surface area (Å²) in [4.78, 5) is 23.4. The number of hydrogen-bond acceptors (Lipinski definition) is 3. The van der Waals surface area contributed by atoms with Gasteiger partial charge in [0.25, 0.3) is 0 Å². The molecule has 0 aliphatic heterocycles. The fourth-order valence-corrected chi connectivity index (χ4v) is 3.50.